The Morgan fingerprint density at radius 1 is 1.55 bits per heavy atom. The van der Waals surface area contributed by atoms with Crippen molar-refractivity contribution in [3.63, 3.8) is 0 Å². The van der Waals surface area contributed by atoms with Crippen LogP contribution in [0.1, 0.15) is 25.1 Å². The van der Waals surface area contributed by atoms with E-state index in [1.165, 1.54) is 4.90 Å². The van der Waals surface area contributed by atoms with Crippen LogP contribution in [0.15, 0.2) is 18.3 Å². The van der Waals surface area contributed by atoms with E-state index in [9.17, 15) is 15.0 Å². The summed E-state index contributed by atoms with van der Waals surface area (Å²) < 4.78 is 5.67. The topological polar surface area (TPSA) is 82.9 Å². The minimum absolute atomic E-state index is 0.206. The summed E-state index contributed by atoms with van der Waals surface area (Å²) in [5, 5.41) is 18.9. The molecule has 6 heteroatoms. The molecule has 1 aliphatic heterocycles. The van der Waals surface area contributed by atoms with Crippen molar-refractivity contribution in [3.05, 3.63) is 29.6 Å². The molecule has 1 aliphatic rings. The zero-order chi connectivity index (χ0) is 14.9. The molecular formula is C14H20N2O4. The number of nitrogens with zero attached hydrogens (tertiary/aromatic N) is 2. The van der Waals surface area contributed by atoms with E-state index in [4.69, 9.17) is 4.74 Å². The number of hydrogen-bond acceptors (Lipinski definition) is 4. The standard InChI is InChI=1S/C14H20N2O4/c1-9-6-10(4-5-15-9)7-11-12(8-17)20-14(2,3)16(11)13(18)19/h4-6,11-12,17H,7-8H2,1-3H3,(H,18,19). The highest BCUT2D eigenvalue weighted by molar-refractivity contribution is 5.67. The molecule has 0 aliphatic carbocycles. The Morgan fingerprint density at radius 2 is 2.25 bits per heavy atom. The smallest absolute Gasteiger partial charge is 0.409 e. The predicted molar refractivity (Wildman–Crippen MR) is 72.4 cm³/mol. The summed E-state index contributed by atoms with van der Waals surface area (Å²) in [6.45, 7) is 5.07. The summed E-state index contributed by atoms with van der Waals surface area (Å²) in [6, 6.07) is 3.36. The highest BCUT2D eigenvalue weighted by Gasteiger charge is 2.49. The van der Waals surface area contributed by atoms with E-state index in [1.807, 2.05) is 19.1 Å². The number of aliphatic hydroxyl groups is 1. The average Bonchev–Trinajstić information content (AvgIpc) is 2.60. The summed E-state index contributed by atoms with van der Waals surface area (Å²) in [4.78, 5) is 16.9. The molecular weight excluding hydrogens is 260 g/mol. The van der Waals surface area contributed by atoms with Crippen molar-refractivity contribution in [2.24, 2.45) is 0 Å². The van der Waals surface area contributed by atoms with Gasteiger partial charge in [-0.25, -0.2) is 4.79 Å². The van der Waals surface area contributed by atoms with Crippen LogP contribution in [0.4, 0.5) is 4.79 Å². The second kappa shape index (κ2) is 5.38. The van der Waals surface area contributed by atoms with Gasteiger partial charge >= 0.3 is 6.09 Å². The van der Waals surface area contributed by atoms with Crippen LogP contribution < -0.4 is 0 Å². The Morgan fingerprint density at radius 3 is 2.80 bits per heavy atom. The van der Waals surface area contributed by atoms with Gasteiger partial charge in [0.05, 0.1) is 12.6 Å². The Balaban J connectivity index is 2.28. The van der Waals surface area contributed by atoms with Gasteiger partial charge in [0.25, 0.3) is 0 Å². The van der Waals surface area contributed by atoms with Gasteiger partial charge < -0.3 is 14.9 Å². The van der Waals surface area contributed by atoms with Crippen molar-refractivity contribution in [1.82, 2.24) is 9.88 Å². The summed E-state index contributed by atoms with van der Waals surface area (Å²) in [6.07, 6.45) is 0.630. The van der Waals surface area contributed by atoms with E-state index in [-0.39, 0.29) is 6.61 Å². The number of rotatable bonds is 3. The van der Waals surface area contributed by atoms with Crippen LogP contribution in [0.3, 0.4) is 0 Å². The maximum absolute atomic E-state index is 11.5. The fourth-order valence-electron chi connectivity index (χ4n) is 2.80. The largest absolute Gasteiger partial charge is 0.465 e. The third kappa shape index (κ3) is 2.76. The molecule has 2 unspecified atom stereocenters. The minimum atomic E-state index is -1.04. The van der Waals surface area contributed by atoms with Gasteiger partial charge in [-0.1, -0.05) is 0 Å². The van der Waals surface area contributed by atoms with Crippen molar-refractivity contribution in [1.29, 1.82) is 0 Å². The Bertz CT molecular complexity index is 504. The number of aliphatic hydroxyl groups excluding tert-OH is 1. The molecule has 1 saturated heterocycles. The van der Waals surface area contributed by atoms with Gasteiger partial charge in [-0.2, -0.15) is 0 Å². The van der Waals surface area contributed by atoms with Gasteiger partial charge in [0.1, 0.15) is 11.8 Å². The first kappa shape index (κ1) is 14.7. The number of carboxylic acid groups (broad SMARTS) is 1. The normalized spacial score (nSPS) is 24.9. The first-order chi connectivity index (χ1) is 9.35. The quantitative estimate of drug-likeness (QED) is 0.874. The molecule has 0 saturated carbocycles. The molecule has 0 spiro atoms. The van der Waals surface area contributed by atoms with Gasteiger partial charge in [-0.05, 0) is 44.9 Å². The number of aryl methyl sites for hydroxylation is 1. The number of carbonyl (C=O) groups is 1. The van der Waals surface area contributed by atoms with Crippen LogP contribution in [0.2, 0.25) is 0 Å². The molecule has 6 nitrogen and oxygen atoms in total. The Labute approximate surface area is 118 Å². The van der Waals surface area contributed by atoms with Crippen LogP contribution in [0, 0.1) is 6.92 Å². The Hall–Kier alpha value is -1.66. The monoisotopic (exact) mass is 280 g/mol. The zero-order valence-corrected chi connectivity index (χ0v) is 11.9. The first-order valence-electron chi connectivity index (χ1n) is 6.57. The van der Waals surface area contributed by atoms with E-state index in [1.54, 1.807) is 20.0 Å². The predicted octanol–water partition coefficient (Wildman–Crippen LogP) is 1.41. The zero-order valence-electron chi connectivity index (χ0n) is 11.9. The lowest BCUT2D eigenvalue weighted by atomic mass is 10.0. The van der Waals surface area contributed by atoms with Crippen LogP contribution in [0.5, 0.6) is 0 Å². The molecule has 0 aromatic carbocycles. The van der Waals surface area contributed by atoms with Gasteiger partial charge in [-0.15, -0.1) is 0 Å². The molecule has 1 aromatic rings. The number of ether oxygens (including phenoxy) is 1. The van der Waals surface area contributed by atoms with Crippen molar-refractivity contribution in [2.75, 3.05) is 6.61 Å². The molecule has 2 atom stereocenters. The van der Waals surface area contributed by atoms with E-state index in [0.29, 0.717) is 6.42 Å². The van der Waals surface area contributed by atoms with Gasteiger partial charge in [-0.3, -0.25) is 9.88 Å². The van der Waals surface area contributed by atoms with Crippen LogP contribution in [-0.2, 0) is 11.2 Å². The maximum atomic E-state index is 11.5. The second-order valence-corrected chi connectivity index (χ2v) is 5.52. The molecule has 110 valence electrons. The van der Waals surface area contributed by atoms with Crippen molar-refractivity contribution in [3.8, 4) is 0 Å². The minimum Gasteiger partial charge on any atom is -0.465 e. The van der Waals surface area contributed by atoms with Crippen LogP contribution in [-0.4, -0.2) is 50.7 Å². The molecule has 2 N–H and O–H groups in total. The third-order valence-electron chi connectivity index (χ3n) is 3.57. The number of hydrogen-bond donors (Lipinski definition) is 2. The molecule has 1 amide bonds. The van der Waals surface area contributed by atoms with Gasteiger partial charge in [0.15, 0.2) is 0 Å². The van der Waals surface area contributed by atoms with E-state index >= 15 is 0 Å². The lowest BCUT2D eigenvalue weighted by Crippen LogP contribution is -2.48. The SMILES string of the molecule is Cc1cc(CC2C(CO)OC(C)(C)N2C(=O)O)ccn1. The van der Waals surface area contributed by atoms with Crippen LogP contribution in [0.25, 0.3) is 0 Å². The van der Waals surface area contributed by atoms with Crippen molar-refractivity contribution >= 4 is 6.09 Å². The maximum Gasteiger partial charge on any atom is 0.409 e. The summed E-state index contributed by atoms with van der Waals surface area (Å²) in [5.74, 6) is 0. The number of pyridine rings is 1. The highest BCUT2D eigenvalue weighted by Crippen LogP contribution is 2.33. The van der Waals surface area contributed by atoms with E-state index in [2.05, 4.69) is 4.98 Å². The molecule has 20 heavy (non-hydrogen) atoms. The number of amides is 1. The summed E-state index contributed by atoms with van der Waals surface area (Å²) in [7, 11) is 0. The molecule has 0 bridgehead atoms. The fraction of sp³-hybridized carbons (Fsp3) is 0.571. The average molecular weight is 280 g/mol. The first-order valence-corrected chi connectivity index (χ1v) is 6.57. The lowest BCUT2D eigenvalue weighted by molar-refractivity contribution is -0.0770. The summed E-state index contributed by atoms with van der Waals surface area (Å²) in [5.41, 5.74) is 0.919. The number of aromatic nitrogens is 1. The third-order valence-corrected chi connectivity index (χ3v) is 3.57. The summed E-state index contributed by atoms with van der Waals surface area (Å²) >= 11 is 0. The fourth-order valence-corrected chi connectivity index (χ4v) is 2.80. The van der Waals surface area contributed by atoms with Crippen molar-refractivity contribution < 1.29 is 19.7 Å². The van der Waals surface area contributed by atoms with Crippen LogP contribution >= 0.6 is 0 Å². The van der Waals surface area contributed by atoms with E-state index < -0.39 is 24.0 Å². The molecule has 1 aromatic heterocycles. The van der Waals surface area contributed by atoms with Gasteiger partial charge in [0.2, 0.25) is 0 Å². The molecule has 0 radical (unpaired) electrons. The van der Waals surface area contributed by atoms with Gasteiger partial charge in [0, 0.05) is 11.9 Å². The lowest BCUT2D eigenvalue weighted by Gasteiger charge is -2.31. The molecule has 2 rings (SSSR count). The second-order valence-electron chi connectivity index (χ2n) is 5.52. The Kier molecular flexibility index (Phi) is 3.96. The molecule has 2 heterocycles. The highest BCUT2D eigenvalue weighted by atomic mass is 16.6. The van der Waals surface area contributed by atoms with Crippen molar-refractivity contribution in [2.45, 2.75) is 45.1 Å². The molecule has 1 fully saturated rings. The van der Waals surface area contributed by atoms with E-state index in [0.717, 1.165) is 11.3 Å².